The zero-order chi connectivity index (χ0) is 34.3. The van der Waals surface area contributed by atoms with E-state index in [0.717, 1.165) is 77.0 Å². The number of unbranched alkanes of at least 4 members (excludes halogenated alkanes) is 14. The third-order valence-electron chi connectivity index (χ3n) is 7.17. The first kappa shape index (κ1) is 44.0. The maximum Gasteiger partial charge on any atom is 0.472 e. The first-order valence-corrected chi connectivity index (χ1v) is 18.9. The largest absolute Gasteiger partial charge is 0.480 e. The molecule has 0 heterocycles. The second kappa shape index (κ2) is 30.3. The molecule has 0 saturated heterocycles. The van der Waals surface area contributed by atoms with E-state index in [9.17, 15) is 23.8 Å². The fourth-order valence-corrected chi connectivity index (χ4v) is 5.10. The minimum atomic E-state index is -4.70. The fraction of sp³-hybridized carbons (Fsp3) is 0.794. The highest BCUT2D eigenvalue weighted by Gasteiger charge is 2.28. The summed E-state index contributed by atoms with van der Waals surface area (Å²) < 4.78 is 32.4. The molecule has 12 heteroatoms. The van der Waals surface area contributed by atoms with Crippen LogP contribution in [0.4, 0.5) is 0 Å². The van der Waals surface area contributed by atoms with Crippen molar-refractivity contribution >= 4 is 25.7 Å². The maximum absolute atomic E-state index is 12.5. The van der Waals surface area contributed by atoms with Gasteiger partial charge in [-0.3, -0.25) is 23.4 Å². The highest BCUT2D eigenvalue weighted by atomic mass is 31.2. The van der Waals surface area contributed by atoms with Crippen LogP contribution in [0, 0.1) is 0 Å². The lowest BCUT2D eigenvalue weighted by atomic mass is 10.1. The average molecular weight is 676 g/mol. The van der Waals surface area contributed by atoms with Gasteiger partial charge in [0.25, 0.3) is 0 Å². The van der Waals surface area contributed by atoms with E-state index in [2.05, 4.69) is 42.7 Å². The molecular weight excluding hydrogens is 613 g/mol. The van der Waals surface area contributed by atoms with Crippen LogP contribution in [0.25, 0.3) is 0 Å². The zero-order valence-corrected chi connectivity index (χ0v) is 29.3. The van der Waals surface area contributed by atoms with Crippen molar-refractivity contribution in [3.8, 4) is 0 Å². The summed E-state index contributed by atoms with van der Waals surface area (Å²) in [6.07, 6.45) is 26.9. The van der Waals surface area contributed by atoms with Gasteiger partial charge < -0.3 is 25.2 Å². The van der Waals surface area contributed by atoms with Crippen molar-refractivity contribution in [3.05, 3.63) is 24.3 Å². The van der Waals surface area contributed by atoms with E-state index in [-0.39, 0.29) is 19.4 Å². The average Bonchev–Trinajstić information content (AvgIpc) is 3.02. The van der Waals surface area contributed by atoms with Gasteiger partial charge in [-0.05, 0) is 51.4 Å². The summed E-state index contributed by atoms with van der Waals surface area (Å²) in [5.74, 6) is -2.41. The number of ether oxygens (including phenoxy) is 2. The van der Waals surface area contributed by atoms with Crippen LogP contribution in [-0.4, -0.2) is 59.9 Å². The predicted octanol–water partition coefficient (Wildman–Crippen LogP) is 7.94. The number of carboxylic acid groups (broad SMARTS) is 1. The predicted molar refractivity (Wildman–Crippen MR) is 180 cm³/mol. The molecule has 3 atom stereocenters. The van der Waals surface area contributed by atoms with Gasteiger partial charge in [-0.25, -0.2) is 4.57 Å². The molecule has 0 fully saturated rings. The number of phosphoric ester groups is 1. The van der Waals surface area contributed by atoms with Crippen molar-refractivity contribution in [2.75, 3.05) is 19.8 Å². The topological polar surface area (TPSA) is 172 Å². The van der Waals surface area contributed by atoms with Crippen molar-refractivity contribution in [1.29, 1.82) is 0 Å². The number of aliphatic carboxylic acids is 1. The number of esters is 2. The van der Waals surface area contributed by atoms with Crippen molar-refractivity contribution in [2.45, 2.75) is 154 Å². The lowest BCUT2D eigenvalue weighted by Crippen LogP contribution is -2.34. The van der Waals surface area contributed by atoms with Crippen molar-refractivity contribution in [3.63, 3.8) is 0 Å². The van der Waals surface area contributed by atoms with Crippen molar-refractivity contribution < 1.29 is 47.5 Å². The van der Waals surface area contributed by atoms with Crippen molar-refractivity contribution in [2.24, 2.45) is 5.73 Å². The number of carbonyl (C=O) groups excluding carboxylic acids is 2. The van der Waals surface area contributed by atoms with E-state index in [1.165, 1.54) is 25.7 Å². The van der Waals surface area contributed by atoms with Gasteiger partial charge in [0.1, 0.15) is 12.6 Å². The van der Waals surface area contributed by atoms with Gasteiger partial charge in [-0.2, -0.15) is 0 Å². The van der Waals surface area contributed by atoms with E-state index in [1.54, 1.807) is 0 Å². The van der Waals surface area contributed by atoms with Crippen LogP contribution in [0.1, 0.15) is 142 Å². The van der Waals surface area contributed by atoms with Gasteiger partial charge in [0, 0.05) is 12.8 Å². The van der Waals surface area contributed by atoms with Crippen LogP contribution < -0.4 is 5.73 Å². The summed E-state index contributed by atoms with van der Waals surface area (Å²) in [5.41, 5.74) is 5.30. The highest BCUT2D eigenvalue weighted by molar-refractivity contribution is 7.47. The Balaban J connectivity index is 4.53. The third kappa shape index (κ3) is 29.4. The van der Waals surface area contributed by atoms with Crippen LogP contribution in [-0.2, 0) is 37.5 Å². The van der Waals surface area contributed by atoms with E-state index in [0.29, 0.717) is 12.8 Å². The van der Waals surface area contributed by atoms with Crippen molar-refractivity contribution in [1.82, 2.24) is 0 Å². The summed E-state index contributed by atoms with van der Waals surface area (Å²) in [7, 11) is -4.70. The SMILES string of the molecule is CCCC/C=C\CCCCCCCC(=O)OC[C@H](COP(=O)(O)OC[C@H](N)C(=O)O)OC(=O)CCCCCCC/C=C\CCCC. The molecule has 0 bridgehead atoms. The summed E-state index contributed by atoms with van der Waals surface area (Å²) in [6.45, 7) is 2.66. The van der Waals surface area contributed by atoms with E-state index in [4.69, 9.17) is 24.8 Å². The molecule has 0 aliphatic carbocycles. The molecule has 0 aromatic heterocycles. The number of hydrogen-bond acceptors (Lipinski definition) is 9. The molecule has 1 unspecified atom stereocenters. The third-order valence-corrected chi connectivity index (χ3v) is 8.12. The quantitative estimate of drug-likeness (QED) is 0.0273. The molecule has 0 amide bonds. The van der Waals surface area contributed by atoms with Crippen LogP contribution >= 0.6 is 7.82 Å². The second-order valence-electron chi connectivity index (χ2n) is 11.6. The molecule has 46 heavy (non-hydrogen) atoms. The molecule has 268 valence electrons. The lowest BCUT2D eigenvalue weighted by molar-refractivity contribution is -0.161. The molecular formula is C34H62NO10P. The number of hydrogen-bond donors (Lipinski definition) is 3. The Morgan fingerprint density at radius 3 is 1.59 bits per heavy atom. The molecule has 0 radical (unpaired) electrons. The molecule has 0 spiro atoms. The molecule has 11 nitrogen and oxygen atoms in total. The monoisotopic (exact) mass is 675 g/mol. The molecule has 4 N–H and O–H groups in total. The smallest absolute Gasteiger partial charge is 0.472 e. The minimum Gasteiger partial charge on any atom is -0.480 e. The summed E-state index contributed by atoms with van der Waals surface area (Å²) in [6, 6.07) is -1.52. The molecule has 0 rings (SSSR count). The second-order valence-corrected chi connectivity index (χ2v) is 13.1. The molecule has 0 aromatic rings. The zero-order valence-electron chi connectivity index (χ0n) is 28.4. The lowest BCUT2D eigenvalue weighted by Gasteiger charge is -2.20. The Hall–Kier alpha value is -2.04. The first-order valence-electron chi connectivity index (χ1n) is 17.4. The Morgan fingerprint density at radius 1 is 0.652 bits per heavy atom. The number of carboxylic acids is 1. The fourth-order valence-electron chi connectivity index (χ4n) is 4.32. The van der Waals surface area contributed by atoms with Crippen LogP contribution in [0.2, 0.25) is 0 Å². The number of phosphoric acid groups is 1. The molecule has 0 aromatic carbocycles. The normalized spacial score (nSPS) is 14.3. The Kier molecular flexibility index (Phi) is 29.0. The van der Waals surface area contributed by atoms with E-state index >= 15 is 0 Å². The van der Waals surface area contributed by atoms with Gasteiger partial charge >= 0.3 is 25.7 Å². The Bertz CT molecular complexity index is 895. The summed E-state index contributed by atoms with van der Waals surface area (Å²) >= 11 is 0. The van der Waals surface area contributed by atoms with Gasteiger partial charge in [-0.15, -0.1) is 0 Å². The van der Waals surface area contributed by atoms with E-state index in [1.807, 2.05) is 0 Å². The van der Waals surface area contributed by atoms with Crippen LogP contribution in [0.15, 0.2) is 24.3 Å². The standard InChI is InChI=1S/C34H62NO10P/c1-3-5-7-9-11-13-15-17-19-21-23-25-32(36)42-27-30(28-43-46(40,41)44-29-31(35)34(38)39)45-33(37)26-24-22-20-18-16-14-12-10-8-6-4-2/h9-12,30-31H,3-8,13-29,35H2,1-2H3,(H,38,39)(H,40,41)/b11-9-,12-10-/t30-,31+/m1/s1. The van der Waals surface area contributed by atoms with Gasteiger partial charge in [0.15, 0.2) is 6.10 Å². The Labute approximate surface area is 277 Å². The number of allylic oxidation sites excluding steroid dienone is 4. The molecule has 0 saturated carbocycles. The van der Waals surface area contributed by atoms with Gasteiger partial charge in [0.2, 0.25) is 0 Å². The molecule has 0 aliphatic rings. The maximum atomic E-state index is 12.5. The van der Waals surface area contributed by atoms with E-state index < -0.39 is 51.1 Å². The number of rotatable bonds is 32. The number of carbonyl (C=O) groups is 3. The Morgan fingerprint density at radius 2 is 1.09 bits per heavy atom. The van der Waals surface area contributed by atoms with Crippen LogP contribution in [0.3, 0.4) is 0 Å². The summed E-state index contributed by atoms with van der Waals surface area (Å²) in [4.78, 5) is 45.5. The minimum absolute atomic E-state index is 0.149. The van der Waals surface area contributed by atoms with Crippen LogP contribution in [0.5, 0.6) is 0 Å². The van der Waals surface area contributed by atoms with Gasteiger partial charge in [-0.1, -0.05) is 102 Å². The molecule has 0 aliphatic heterocycles. The summed E-state index contributed by atoms with van der Waals surface area (Å²) in [5, 5.41) is 8.83. The highest BCUT2D eigenvalue weighted by Crippen LogP contribution is 2.43. The van der Waals surface area contributed by atoms with Gasteiger partial charge in [0.05, 0.1) is 13.2 Å². The first-order chi connectivity index (χ1) is 22.1. The number of nitrogens with two attached hydrogens (primary N) is 1.